The summed E-state index contributed by atoms with van der Waals surface area (Å²) < 4.78 is 40.1. The van der Waals surface area contributed by atoms with Crippen molar-refractivity contribution in [1.29, 1.82) is 5.26 Å². The molecule has 1 saturated heterocycles. The first-order valence-corrected chi connectivity index (χ1v) is 6.29. The number of amides is 1. The number of carbonyl (C=O) groups excluding carboxylic acids is 1. The highest BCUT2D eigenvalue weighted by molar-refractivity contribution is 5.83. The maximum absolute atomic E-state index is 13.4. The van der Waals surface area contributed by atoms with E-state index in [1.165, 1.54) is 24.3 Å². The molecule has 1 N–H and O–H groups in total. The second-order valence-electron chi connectivity index (χ2n) is 5.63. The zero-order valence-corrected chi connectivity index (χ0v) is 11.5. The molecule has 1 unspecified atom stereocenters. The van der Waals surface area contributed by atoms with Crippen LogP contribution in [0.1, 0.15) is 31.0 Å². The van der Waals surface area contributed by atoms with Crippen LogP contribution in [0.25, 0.3) is 0 Å². The quantitative estimate of drug-likeness (QED) is 0.912. The molecule has 1 atom stereocenters. The Morgan fingerprint density at radius 3 is 2.29 bits per heavy atom. The van der Waals surface area contributed by atoms with Gasteiger partial charge in [0.05, 0.1) is 17.0 Å². The highest BCUT2D eigenvalue weighted by Gasteiger charge is 2.51. The van der Waals surface area contributed by atoms with Crippen LogP contribution in [0, 0.1) is 16.7 Å². The Kier molecular flexibility index (Phi) is 3.68. The minimum atomic E-state index is -4.54. The molecule has 1 aliphatic heterocycles. The summed E-state index contributed by atoms with van der Waals surface area (Å²) in [6.07, 6.45) is -4.54. The molecule has 7 heteroatoms. The van der Waals surface area contributed by atoms with Gasteiger partial charge in [0.25, 0.3) is 0 Å². The summed E-state index contributed by atoms with van der Waals surface area (Å²) in [6.45, 7) is 3.14. The van der Waals surface area contributed by atoms with Gasteiger partial charge < -0.3 is 0 Å². The number of carbonyl (C=O) groups is 1. The predicted molar refractivity (Wildman–Crippen MR) is 68.6 cm³/mol. The molecule has 0 spiro atoms. The Balaban J connectivity index is 2.36. The van der Waals surface area contributed by atoms with Crippen LogP contribution in [0.4, 0.5) is 13.2 Å². The van der Waals surface area contributed by atoms with Crippen molar-refractivity contribution in [2.24, 2.45) is 5.41 Å². The Morgan fingerprint density at radius 1 is 1.33 bits per heavy atom. The third-order valence-electron chi connectivity index (χ3n) is 3.40. The summed E-state index contributed by atoms with van der Waals surface area (Å²) in [5.74, 6) is -0.439. The monoisotopic (exact) mass is 297 g/mol. The van der Waals surface area contributed by atoms with E-state index in [9.17, 15) is 18.0 Å². The zero-order chi connectivity index (χ0) is 15.8. The fraction of sp³-hybridized carbons (Fsp3) is 0.429. The van der Waals surface area contributed by atoms with Crippen molar-refractivity contribution in [1.82, 2.24) is 10.4 Å². The van der Waals surface area contributed by atoms with Crippen LogP contribution < -0.4 is 5.43 Å². The van der Waals surface area contributed by atoms with E-state index in [1.807, 2.05) is 6.07 Å². The van der Waals surface area contributed by atoms with E-state index in [-0.39, 0.29) is 17.7 Å². The average Bonchev–Trinajstić information content (AvgIpc) is 2.62. The van der Waals surface area contributed by atoms with Gasteiger partial charge in [-0.25, -0.2) is 5.01 Å². The molecule has 0 radical (unpaired) electrons. The van der Waals surface area contributed by atoms with Crippen LogP contribution in [0.5, 0.6) is 0 Å². The highest BCUT2D eigenvalue weighted by Crippen LogP contribution is 2.40. The van der Waals surface area contributed by atoms with Gasteiger partial charge in [0, 0.05) is 6.54 Å². The zero-order valence-electron chi connectivity index (χ0n) is 11.5. The second kappa shape index (κ2) is 5.04. The number of hydrazine groups is 1. The fourth-order valence-electron chi connectivity index (χ4n) is 2.26. The first kappa shape index (κ1) is 15.3. The van der Waals surface area contributed by atoms with Gasteiger partial charge in [0.15, 0.2) is 0 Å². The molecule has 0 aliphatic carbocycles. The molecular formula is C14H14F3N3O. The molecule has 1 amide bonds. The van der Waals surface area contributed by atoms with Gasteiger partial charge in [-0.1, -0.05) is 12.1 Å². The Hall–Kier alpha value is -2.07. The molecule has 112 valence electrons. The Labute approximate surface area is 120 Å². The molecule has 1 aromatic carbocycles. The van der Waals surface area contributed by atoms with Crippen molar-refractivity contribution in [3.63, 3.8) is 0 Å². The van der Waals surface area contributed by atoms with Crippen LogP contribution in [0.2, 0.25) is 0 Å². The normalized spacial score (nSPS) is 19.9. The van der Waals surface area contributed by atoms with Crippen molar-refractivity contribution >= 4 is 5.91 Å². The Morgan fingerprint density at radius 2 is 1.90 bits per heavy atom. The summed E-state index contributed by atoms with van der Waals surface area (Å²) >= 11 is 0. The van der Waals surface area contributed by atoms with Crippen LogP contribution in [0.3, 0.4) is 0 Å². The molecule has 4 nitrogen and oxygen atoms in total. The number of hydrogen-bond acceptors (Lipinski definition) is 3. The number of alkyl halides is 3. The van der Waals surface area contributed by atoms with E-state index in [4.69, 9.17) is 5.26 Å². The minimum absolute atomic E-state index is 0.0144. The molecule has 0 saturated carbocycles. The maximum Gasteiger partial charge on any atom is 0.409 e. The maximum atomic E-state index is 13.4. The lowest BCUT2D eigenvalue weighted by atomic mass is 9.93. The number of benzene rings is 1. The van der Waals surface area contributed by atoms with Gasteiger partial charge in [0.2, 0.25) is 5.91 Å². The van der Waals surface area contributed by atoms with Crippen molar-refractivity contribution in [3.8, 4) is 6.07 Å². The van der Waals surface area contributed by atoms with Gasteiger partial charge in [-0.15, -0.1) is 0 Å². The summed E-state index contributed by atoms with van der Waals surface area (Å²) in [7, 11) is 0. The summed E-state index contributed by atoms with van der Waals surface area (Å²) in [5.41, 5.74) is 1.68. The summed E-state index contributed by atoms with van der Waals surface area (Å²) in [5, 5.41) is 9.61. The number of nitrogens with zero attached hydrogens (tertiary/aromatic N) is 2. The van der Waals surface area contributed by atoms with Crippen molar-refractivity contribution in [2.45, 2.75) is 26.1 Å². The number of halogens is 3. The molecular weight excluding hydrogens is 283 g/mol. The minimum Gasteiger partial charge on any atom is -0.287 e. The SMILES string of the molecule is CC1(C)CN(C(c2ccc(C#N)cc2)C(F)(F)F)NC1=O. The van der Waals surface area contributed by atoms with Gasteiger partial charge in [-0.3, -0.25) is 10.2 Å². The van der Waals surface area contributed by atoms with Crippen molar-refractivity contribution in [2.75, 3.05) is 6.54 Å². The number of nitriles is 1. The van der Waals surface area contributed by atoms with E-state index >= 15 is 0 Å². The van der Waals surface area contributed by atoms with E-state index in [0.29, 0.717) is 0 Å². The van der Waals surface area contributed by atoms with Gasteiger partial charge in [0.1, 0.15) is 6.04 Å². The fourth-order valence-corrected chi connectivity index (χ4v) is 2.26. The standard InChI is InChI=1S/C14H14F3N3O/c1-13(2)8-20(19-12(13)21)11(14(15,16)17)10-5-3-9(7-18)4-6-10/h3-6,11H,8H2,1-2H3,(H,19,21). The number of nitrogens with one attached hydrogen (secondary N) is 1. The molecule has 1 heterocycles. The first-order valence-electron chi connectivity index (χ1n) is 6.29. The first-order chi connectivity index (χ1) is 9.65. The third kappa shape index (κ3) is 3.00. The van der Waals surface area contributed by atoms with E-state index in [0.717, 1.165) is 5.01 Å². The number of hydrogen-bond donors (Lipinski definition) is 1. The number of rotatable bonds is 2. The molecule has 0 aromatic heterocycles. The van der Waals surface area contributed by atoms with Crippen LogP contribution >= 0.6 is 0 Å². The van der Waals surface area contributed by atoms with Crippen molar-refractivity contribution in [3.05, 3.63) is 35.4 Å². The summed E-state index contributed by atoms with van der Waals surface area (Å²) in [6, 6.07) is 5.10. The molecule has 21 heavy (non-hydrogen) atoms. The molecule has 0 bridgehead atoms. The largest absolute Gasteiger partial charge is 0.409 e. The van der Waals surface area contributed by atoms with Crippen LogP contribution in [0.15, 0.2) is 24.3 Å². The van der Waals surface area contributed by atoms with Crippen molar-refractivity contribution < 1.29 is 18.0 Å². The Bertz CT molecular complexity index is 587. The van der Waals surface area contributed by atoms with Crippen LogP contribution in [-0.2, 0) is 4.79 Å². The predicted octanol–water partition coefficient (Wildman–Crippen LogP) is 2.53. The van der Waals surface area contributed by atoms with Gasteiger partial charge >= 0.3 is 6.18 Å². The van der Waals surface area contributed by atoms with E-state index in [1.54, 1.807) is 13.8 Å². The topological polar surface area (TPSA) is 56.1 Å². The second-order valence-corrected chi connectivity index (χ2v) is 5.63. The lowest BCUT2D eigenvalue weighted by Gasteiger charge is -2.29. The summed E-state index contributed by atoms with van der Waals surface area (Å²) in [4.78, 5) is 11.7. The molecule has 1 aliphatic rings. The molecule has 1 fully saturated rings. The van der Waals surface area contributed by atoms with E-state index in [2.05, 4.69) is 5.43 Å². The molecule has 1 aromatic rings. The smallest absolute Gasteiger partial charge is 0.287 e. The lowest BCUT2D eigenvalue weighted by molar-refractivity contribution is -0.191. The van der Waals surface area contributed by atoms with E-state index < -0.39 is 23.5 Å². The van der Waals surface area contributed by atoms with Crippen LogP contribution in [-0.4, -0.2) is 23.6 Å². The molecule has 2 rings (SSSR count). The lowest BCUT2D eigenvalue weighted by Crippen LogP contribution is -2.43. The van der Waals surface area contributed by atoms with Gasteiger partial charge in [-0.05, 0) is 31.5 Å². The average molecular weight is 297 g/mol. The third-order valence-corrected chi connectivity index (χ3v) is 3.40. The highest BCUT2D eigenvalue weighted by atomic mass is 19.4. The van der Waals surface area contributed by atoms with Gasteiger partial charge in [-0.2, -0.15) is 18.4 Å².